The van der Waals surface area contributed by atoms with Gasteiger partial charge in [0.1, 0.15) is 0 Å². The summed E-state index contributed by atoms with van der Waals surface area (Å²) in [6.07, 6.45) is 4.14. The third-order valence-corrected chi connectivity index (χ3v) is 6.99. The first-order chi connectivity index (χ1) is 14.3. The Morgan fingerprint density at radius 3 is 2.60 bits per heavy atom. The smallest absolute Gasteiger partial charge is 0.317 e. The molecule has 0 radical (unpaired) electrons. The van der Waals surface area contributed by atoms with Crippen molar-refractivity contribution < 1.29 is 9.32 Å². The maximum absolute atomic E-state index is 12.8. The summed E-state index contributed by atoms with van der Waals surface area (Å²) in [4.78, 5) is 21.3. The quantitative estimate of drug-likeness (QED) is 0.711. The summed E-state index contributed by atoms with van der Waals surface area (Å²) in [5.41, 5.74) is 1.35. The van der Waals surface area contributed by atoms with E-state index >= 15 is 0 Å². The van der Waals surface area contributed by atoms with Crippen molar-refractivity contribution in [3.05, 3.63) is 33.6 Å². The predicted octanol–water partition coefficient (Wildman–Crippen LogP) is 4.72. The zero-order chi connectivity index (χ0) is 21.4. The number of urea groups is 1. The number of carbonyl (C=O) groups is 1. The maximum atomic E-state index is 12.8. The fourth-order valence-corrected chi connectivity index (χ4v) is 4.41. The molecule has 2 amide bonds. The fourth-order valence-electron chi connectivity index (χ4n) is 3.83. The standard InChI is InChI=1S/C21H27Cl2N5O2/c1-12(24-21(29)28(3)14-8-10-27(2)11-9-14)15-6-7-16(18(23)17(15)22)20-25-19(26-30-20)13-4-5-13/h6-7,12-14H,4-5,8-11H2,1-3H3,(H,24,29). The van der Waals surface area contributed by atoms with Gasteiger partial charge in [0.05, 0.1) is 21.7 Å². The molecule has 7 nitrogen and oxygen atoms in total. The van der Waals surface area contributed by atoms with Gasteiger partial charge in [-0.3, -0.25) is 0 Å². The number of aromatic nitrogens is 2. The number of amides is 2. The summed E-state index contributed by atoms with van der Waals surface area (Å²) in [5, 5.41) is 7.81. The topological polar surface area (TPSA) is 74.5 Å². The van der Waals surface area contributed by atoms with Gasteiger partial charge in [-0.1, -0.05) is 34.4 Å². The van der Waals surface area contributed by atoms with Gasteiger partial charge in [-0.15, -0.1) is 0 Å². The Hall–Kier alpha value is -1.83. The Kier molecular flexibility index (Phi) is 6.23. The molecule has 2 aromatic rings. The van der Waals surface area contributed by atoms with Crippen LogP contribution in [0.5, 0.6) is 0 Å². The van der Waals surface area contributed by atoms with Gasteiger partial charge in [0, 0.05) is 19.0 Å². The minimum Gasteiger partial charge on any atom is -0.334 e. The average molecular weight is 452 g/mol. The predicted molar refractivity (Wildman–Crippen MR) is 117 cm³/mol. The Balaban J connectivity index is 1.45. The van der Waals surface area contributed by atoms with Crippen LogP contribution < -0.4 is 5.32 Å². The van der Waals surface area contributed by atoms with Crippen LogP contribution in [0.1, 0.15) is 56.0 Å². The van der Waals surface area contributed by atoms with Crippen LogP contribution in [-0.2, 0) is 0 Å². The van der Waals surface area contributed by atoms with E-state index < -0.39 is 0 Å². The second kappa shape index (κ2) is 8.73. The molecule has 1 aromatic carbocycles. The summed E-state index contributed by atoms with van der Waals surface area (Å²) < 4.78 is 5.37. The van der Waals surface area contributed by atoms with Gasteiger partial charge in [0.15, 0.2) is 5.82 Å². The summed E-state index contributed by atoms with van der Waals surface area (Å²) >= 11 is 13.1. The molecule has 1 unspecified atom stereocenters. The number of nitrogens with zero attached hydrogens (tertiary/aromatic N) is 4. The molecule has 1 saturated carbocycles. The van der Waals surface area contributed by atoms with Crippen LogP contribution in [-0.4, -0.2) is 59.2 Å². The van der Waals surface area contributed by atoms with Crippen molar-refractivity contribution in [3.63, 3.8) is 0 Å². The van der Waals surface area contributed by atoms with Crippen LogP contribution in [0.15, 0.2) is 16.7 Å². The van der Waals surface area contributed by atoms with E-state index in [1.807, 2.05) is 26.1 Å². The Morgan fingerprint density at radius 1 is 1.23 bits per heavy atom. The molecule has 162 valence electrons. The molecule has 0 spiro atoms. The van der Waals surface area contributed by atoms with E-state index in [9.17, 15) is 4.79 Å². The molecule has 1 aliphatic carbocycles. The first-order valence-corrected chi connectivity index (χ1v) is 11.1. The molecule has 4 rings (SSSR count). The Morgan fingerprint density at radius 2 is 1.93 bits per heavy atom. The summed E-state index contributed by atoms with van der Waals surface area (Å²) in [6, 6.07) is 3.50. The third-order valence-electron chi connectivity index (χ3n) is 6.09. The van der Waals surface area contributed by atoms with E-state index in [0.717, 1.165) is 50.2 Å². The van der Waals surface area contributed by atoms with Crippen molar-refractivity contribution in [2.45, 2.75) is 50.6 Å². The van der Waals surface area contributed by atoms with Crippen molar-refractivity contribution in [2.75, 3.05) is 27.2 Å². The Bertz CT molecular complexity index is 922. The molecule has 1 saturated heterocycles. The molecular weight excluding hydrogens is 425 g/mol. The summed E-state index contributed by atoms with van der Waals surface area (Å²) in [6.45, 7) is 3.90. The molecule has 1 atom stereocenters. The molecule has 1 aromatic heterocycles. The van der Waals surface area contributed by atoms with Crippen LogP contribution in [0, 0.1) is 0 Å². The van der Waals surface area contributed by atoms with E-state index in [1.165, 1.54) is 0 Å². The number of rotatable bonds is 5. The lowest BCUT2D eigenvalue weighted by Crippen LogP contribution is -2.48. The number of piperidine rings is 1. The molecule has 1 N–H and O–H groups in total. The zero-order valence-electron chi connectivity index (χ0n) is 17.5. The third kappa shape index (κ3) is 4.43. The van der Waals surface area contributed by atoms with Crippen LogP contribution >= 0.6 is 23.2 Å². The lowest BCUT2D eigenvalue weighted by molar-refractivity contribution is 0.146. The highest BCUT2D eigenvalue weighted by atomic mass is 35.5. The second-order valence-corrected chi connectivity index (χ2v) is 9.13. The van der Waals surface area contributed by atoms with E-state index in [1.54, 1.807) is 4.90 Å². The van der Waals surface area contributed by atoms with Gasteiger partial charge in [-0.05, 0) is 64.4 Å². The highest BCUT2D eigenvalue weighted by molar-refractivity contribution is 6.44. The zero-order valence-corrected chi connectivity index (χ0v) is 19.0. The van der Waals surface area contributed by atoms with Crippen LogP contribution in [0.3, 0.4) is 0 Å². The molecule has 2 heterocycles. The van der Waals surface area contributed by atoms with Gasteiger partial charge in [0.2, 0.25) is 0 Å². The molecule has 9 heteroatoms. The number of likely N-dealkylation sites (tertiary alicyclic amines) is 1. The Labute approximate surface area is 186 Å². The van der Waals surface area contributed by atoms with Gasteiger partial charge >= 0.3 is 6.03 Å². The van der Waals surface area contributed by atoms with Gasteiger partial charge in [-0.25, -0.2) is 4.79 Å². The van der Waals surface area contributed by atoms with Gasteiger partial charge < -0.3 is 19.6 Å². The second-order valence-electron chi connectivity index (χ2n) is 8.38. The maximum Gasteiger partial charge on any atom is 0.317 e. The summed E-state index contributed by atoms with van der Waals surface area (Å²) in [5.74, 6) is 1.49. The molecule has 2 fully saturated rings. The molecule has 0 bridgehead atoms. The normalized spacial score (nSPS) is 19.0. The lowest BCUT2D eigenvalue weighted by Gasteiger charge is -2.35. The van der Waals surface area contributed by atoms with E-state index in [0.29, 0.717) is 27.4 Å². The first-order valence-electron chi connectivity index (χ1n) is 10.4. The fraction of sp³-hybridized carbons (Fsp3) is 0.571. The van der Waals surface area contributed by atoms with Crippen molar-refractivity contribution in [3.8, 4) is 11.5 Å². The van der Waals surface area contributed by atoms with Crippen molar-refractivity contribution >= 4 is 29.2 Å². The SMILES string of the molecule is CC(NC(=O)N(C)C1CCN(C)CC1)c1ccc(-c2nc(C3CC3)no2)c(Cl)c1Cl. The van der Waals surface area contributed by atoms with Crippen LogP contribution in [0.2, 0.25) is 10.0 Å². The van der Waals surface area contributed by atoms with Crippen LogP contribution in [0.4, 0.5) is 4.79 Å². The molecule has 2 aliphatic rings. The highest BCUT2D eigenvalue weighted by Crippen LogP contribution is 2.41. The number of hydrogen-bond acceptors (Lipinski definition) is 5. The van der Waals surface area contributed by atoms with Crippen LogP contribution in [0.25, 0.3) is 11.5 Å². The molecular formula is C21H27Cl2N5O2. The number of nitrogens with one attached hydrogen (secondary N) is 1. The average Bonchev–Trinajstić information content (AvgIpc) is 3.47. The number of benzene rings is 1. The molecule has 1 aliphatic heterocycles. The number of halogens is 2. The van der Waals surface area contributed by atoms with Crippen molar-refractivity contribution in [1.82, 2.24) is 25.3 Å². The van der Waals surface area contributed by atoms with Gasteiger partial charge in [0.25, 0.3) is 5.89 Å². The molecule has 30 heavy (non-hydrogen) atoms. The van der Waals surface area contributed by atoms with E-state index in [2.05, 4.69) is 27.4 Å². The number of hydrogen-bond donors (Lipinski definition) is 1. The van der Waals surface area contributed by atoms with Crippen molar-refractivity contribution in [2.24, 2.45) is 0 Å². The minimum absolute atomic E-state index is 0.112. The van der Waals surface area contributed by atoms with E-state index in [4.69, 9.17) is 27.7 Å². The number of carbonyl (C=O) groups excluding carboxylic acids is 1. The van der Waals surface area contributed by atoms with Crippen molar-refractivity contribution in [1.29, 1.82) is 0 Å². The summed E-state index contributed by atoms with van der Waals surface area (Å²) in [7, 11) is 3.96. The van der Waals surface area contributed by atoms with E-state index in [-0.39, 0.29) is 18.1 Å². The first kappa shape index (κ1) is 21.4. The van der Waals surface area contributed by atoms with Gasteiger partial charge in [-0.2, -0.15) is 4.98 Å². The monoisotopic (exact) mass is 451 g/mol. The largest absolute Gasteiger partial charge is 0.334 e. The minimum atomic E-state index is -0.296. The highest BCUT2D eigenvalue weighted by Gasteiger charge is 2.30. The lowest BCUT2D eigenvalue weighted by atomic mass is 10.0.